The summed E-state index contributed by atoms with van der Waals surface area (Å²) in [4.78, 5) is 10.9. The Balaban J connectivity index is 2.18. The third-order valence-corrected chi connectivity index (χ3v) is 4.51. The van der Waals surface area contributed by atoms with Gasteiger partial charge in [0.1, 0.15) is 0 Å². The number of rotatable bonds is 5. The Morgan fingerprint density at radius 3 is 2.50 bits per heavy atom. The number of carboxylic acid groups (broad SMARTS) is 1. The molecule has 0 atom stereocenters. The van der Waals surface area contributed by atoms with Crippen molar-refractivity contribution in [3.63, 3.8) is 0 Å². The lowest BCUT2D eigenvalue weighted by Gasteiger charge is -2.17. The molecule has 0 radical (unpaired) electrons. The molecule has 0 aliphatic rings. The number of aromatic nitrogens is 1. The van der Waals surface area contributed by atoms with Crippen LogP contribution in [-0.2, 0) is 11.2 Å². The summed E-state index contributed by atoms with van der Waals surface area (Å²) >= 11 is 6.29. The van der Waals surface area contributed by atoms with Gasteiger partial charge in [0.05, 0.1) is 11.4 Å². The van der Waals surface area contributed by atoms with Crippen LogP contribution >= 0.6 is 11.6 Å². The molecule has 0 fully saturated rings. The predicted octanol–water partition coefficient (Wildman–Crippen LogP) is 3.79. The molecule has 122 valence electrons. The summed E-state index contributed by atoms with van der Waals surface area (Å²) in [7, 11) is 0. The van der Waals surface area contributed by atoms with Crippen LogP contribution in [0.2, 0.25) is 5.02 Å². The predicted molar refractivity (Wildman–Crippen MR) is 94.3 cm³/mol. The highest BCUT2D eigenvalue weighted by Crippen LogP contribution is 2.31. The number of halogens is 1. The van der Waals surface area contributed by atoms with Crippen LogP contribution in [0.4, 0.5) is 0 Å². The minimum atomic E-state index is -1.05. The fourth-order valence-electron chi connectivity index (χ4n) is 2.86. The Kier molecular flexibility index (Phi) is 4.72. The molecule has 0 amide bonds. The maximum atomic E-state index is 10.9. The van der Waals surface area contributed by atoms with Gasteiger partial charge >= 0.3 is 0 Å². The van der Waals surface area contributed by atoms with Crippen molar-refractivity contribution in [1.29, 1.82) is 0 Å². The molecule has 0 saturated carbocycles. The van der Waals surface area contributed by atoms with E-state index >= 15 is 0 Å². The van der Waals surface area contributed by atoms with Gasteiger partial charge < -0.3 is 14.5 Å². The molecule has 3 aromatic rings. The number of hydrogen-bond donors (Lipinski definition) is 0. The summed E-state index contributed by atoms with van der Waals surface area (Å²) in [6.07, 6.45) is 0.388. The average Bonchev–Trinajstić information content (AvgIpc) is 3.00. The average molecular weight is 339 g/mol. The lowest BCUT2D eigenvalue weighted by Crippen LogP contribution is -2.22. The van der Waals surface area contributed by atoms with Gasteiger partial charge in [0.2, 0.25) is 0 Å². The highest BCUT2D eigenvalue weighted by atomic mass is 35.5. The van der Waals surface area contributed by atoms with Crippen LogP contribution in [0.5, 0.6) is 0 Å². The molecular weight excluding hydrogens is 322 g/mol. The van der Waals surface area contributed by atoms with Crippen molar-refractivity contribution in [2.75, 3.05) is 0 Å². The number of nitrogens with zero attached hydrogens (tertiary/aromatic N) is 1. The summed E-state index contributed by atoms with van der Waals surface area (Å²) in [5, 5.41) is 11.6. The third-order valence-electron chi connectivity index (χ3n) is 4.10. The molecule has 0 aliphatic carbocycles. The van der Waals surface area contributed by atoms with Crippen molar-refractivity contribution in [3.05, 3.63) is 76.9 Å². The zero-order chi connectivity index (χ0) is 17.1. The minimum absolute atomic E-state index is 0.0160. The number of aryl methyl sites for hydroxylation is 1. The van der Waals surface area contributed by atoms with Gasteiger partial charge in [-0.2, -0.15) is 0 Å². The molecule has 24 heavy (non-hydrogen) atoms. The topological polar surface area (TPSA) is 45.1 Å². The molecule has 3 nitrogen and oxygen atoms in total. The van der Waals surface area contributed by atoms with Crippen LogP contribution in [0.1, 0.15) is 17.7 Å². The van der Waals surface area contributed by atoms with Gasteiger partial charge in [0, 0.05) is 16.7 Å². The van der Waals surface area contributed by atoms with Crippen LogP contribution in [0.3, 0.4) is 0 Å². The van der Waals surface area contributed by atoms with E-state index in [2.05, 4.69) is 4.57 Å². The SMILES string of the molecule is Cc1c(Cl)cccc1-n1c(CCC(=O)[O-])ccc1-c1ccccc1. The highest BCUT2D eigenvalue weighted by molar-refractivity contribution is 6.31. The van der Waals surface area contributed by atoms with Gasteiger partial charge in [-0.15, -0.1) is 0 Å². The number of carbonyl (C=O) groups excluding carboxylic acids is 1. The van der Waals surface area contributed by atoms with Crippen molar-refractivity contribution in [2.24, 2.45) is 0 Å². The number of carboxylic acids is 1. The van der Waals surface area contributed by atoms with E-state index in [-0.39, 0.29) is 6.42 Å². The summed E-state index contributed by atoms with van der Waals surface area (Å²) in [5.41, 5.74) is 4.91. The smallest absolute Gasteiger partial charge is 0.0531 e. The van der Waals surface area contributed by atoms with Gasteiger partial charge in [-0.25, -0.2) is 0 Å². The maximum Gasteiger partial charge on any atom is 0.0531 e. The van der Waals surface area contributed by atoms with E-state index in [4.69, 9.17) is 11.6 Å². The minimum Gasteiger partial charge on any atom is -0.550 e. The van der Waals surface area contributed by atoms with Crippen LogP contribution < -0.4 is 5.11 Å². The Morgan fingerprint density at radius 1 is 1.04 bits per heavy atom. The zero-order valence-electron chi connectivity index (χ0n) is 13.3. The number of benzene rings is 2. The van der Waals surface area contributed by atoms with Gasteiger partial charge in [-0.1, -0.05) is 48.0 Å². The van der Waals surface area contributed by atoms with E-state index in [1.54, 1.807) is 0 Å². The van der Waals surface area contributed by atoms with Crippen LogP contribution in [0, 0.1) is 6.92 Å². The molecular formula is C20H17ClNO2-. The first-order valence-corrected chi connectivity index (χ1v) is 8.17. The summed E-state index contributed by atoms with van der Waals surface area (Å²) in [6, 6.07) is 19.7. The molecule has 2 aromatic carbocycles. The normalized spacial score (nSPS) is 10.8. The number of carbonyl (C=O) groups is 1. The van der Waals surface area contributed by atoms with Gasteiger partial charge in [-0.3, -0.25) is 0 Å². The zero-order valence-corrected chi connectivity index (χ0v) is 14.1. The van der Waals surface area contributed by atoms with Crippen LogP contribution in [0.25, 0.3) is 16.9 Å². The second-order valence-electron chi connectivity index (χ2n) is 5.67. The van der Waals surface area contributed by atoms with E-state index in [0.717, 1.165) is 28.2 Å². The quantitative estimate of drug-likeness (QED) is 0.710. The summed E-state index contributed by atoms with van der Waals surface area (Å²) in [6.45, 7) is 1.97. The van der Waals surface area contributed by atoms with Crippen molar-refractivity contribution in [3.8, 4) is 16.9 Å². The first-order valence-electron chi connectivity index (χ1n) is 7.79. The lowest BCUT2D eigenvalue weighted by molar-refractivity contribution is -0.305. The maximum absolute atomic E-state index is 10.9. The van der Waals surface area contributed by atoms with Gasteiger partial charge in [0.15, 0.2) is 0 Å². The van der Waals surface area contributed by atoms with E-state index in [1.807, 2.05) is 67.6 Å². The second-order valence-corrected chi connectivity index (χ2v) is 6.07. The Bertz CT molecular complexity index is 869. The van der Waals surface area contributed by atoms with E-state index in [9.17, 15) is 9.90 Å². The first kappa shape index (κ1) is 16.3. The summed E-state index contributed by atoms with van der Waals surface area (Å²) < 4.78 is 2.08. The number of hydrogen-bond acceptors (Lipinski definition) is 2. The van der Waals surface area contributed by atoms with E-state index in [1.165, 1.54) is 0 Å². The fraction of sp³-hybridized carbons (Fsp3) is 0.150. The molecule has 1 heterocycles. The third kappa shape index (κ3) is 3.22. The Morgan fingerprint density at radius 2 is 1.79 bits per heavy atom. The highest BCUT2D eigenvalue weighted by Gasteiger charge is 2.14. The summed E-state index contributed by atoms with van der Waals surface area (Å²) in [5.74, 6) is -1.05. The van der Waals surface area contributed by atoms with Crippen molar-refractivity contribution in [2.45, 2.75) is 19.8 Å². The molecule has 0 saturated heterocycles. The Labute approximate surface area is 146 Å². The standard InChI is InChI=1S/C20H18ClNO2/c1-14-17(21)8-5-9-18(14)22-16(11-13-20(23)24)10-12-19(22)15-6-3-2-4-7-15/h2-10,12H,11,13H2,1H3,(H,23,24)/p-1. The fourth-order valence-corrected chi connectivity index (χ4v) is 3.03. The molecule has 0 spiro atoms. The van der Waals surface area contributed by atoms with Gasteiger partial charge in [0.25, 0.3) is 0 Å². The molecule has 1 aromatic heterocycles. The molecule has 0 aliphatic heterocycles. The number of aliphatic carboxylic acids is 1. The molecule has 0 N–H and O–H groups in total. The van der Waals surface area contributed by atoms with Crippen molar-refractivity contribution in [1.82, 2.24) is 4.57 Å². The van der Waals surface area contributed by atoms with Crippen LogP contribution in [-0.4, -0.2) is 10.5 Å². The molecule has 0 unspecified atom stereocenters. The first-order chi connectivity index (χ1) is 11.6. The molecule has 4 heteroatoms. The van der Waals surface area contributed by atoms with Crippen molar-refractivity contribution < 1.29 is 9.90 Å². The van der Waals surface area contributed by atoms with Crippen molar-refractivity contribution >= 4 is 17.6 Å². The molecule has 3 rings (SSSR count). The molecule has 0 bridgehead atoms. The Hall–Kier alpha value is -2.52. The second kappa shape index (κ2) is 6.93. The van der Waals surface area contributed by atoms with Crippen LogP contribution in [0.15, 0.2) is 60.7 Å². The largest absolute Gasteiger partial charge is 0.550 e. The van der Waals surface area contributed by atoms with E-state index in [0.29, 0.717) is 11.4 Å². The van der Waals surface area contributed by atoms with E-state index < -0.39 is 5.97 Å². The van der Waals surface area contributed by atoms with Gasteiger partial charge in [-0.05, 0) is 55.2 Å². The lowest BCUT2D eigenvalue weighted by atomic mass is 10.1. The monoisotopic (exact) mass is 338 g/mol.